The molecule has 166 valence electrons. The molecule has 1 aliphatic carbocycles. The Balaban J connectivity index is 1.46. The van der Waals surface area contributed by atoms with Gasteiger partial charge in [-0.3, -0.25) is 9.78 Å². The number of hydrogen-bond acceptors (Lipinski definition) is 6. The van der Waals surface area contributed by atoms with Crippen molar-refractivity contribution in [1.29, 1.82) is 0 Å². The fourth-order valence-corrected chi connectivity index (χ4v) is 5.45. The van der Waals surface area contributed by atoms with Crippen molar-refractivity contribution < 1.29 is 13.2 Å². The number of hydrogen-bond donors (Lipinski definition) is 0. The van der Waals surface area contributed by atoms with Gasteiger partial charge in [0.15, 0.2) is 9.84 Å². The number of sulfone groups is 1. The van der Waals surface area contributed by atoms with Crippen LogP contribution in [-0.2, 0) is 26.8 Å². The van der Waals surface area contributed by atoms with E-state index in [0.29, 0.717) is 18.5 Å². The van der Waals surface area contributed by atoms with E-state index in [-0.39, 0.29) is 28.5 Å². The maximum atomic E-state index is 13.1. The van der Waals surface area contributed by atoms with Gasteiger partial charge in [-0.2, -0.15) is 0 Å². The van der Waals surface area contributed by atoms with Crippen molar-refractivity contribution >= 4 is 15.6 Å². The van der Waals surface area contributed by atoms with Crippen molar-refractivity contribution in [3.05, 3.63) is 77.6 Å². The summed E-state index contributed by atoms with van der Waals surface area (Å²) >= 11 is 0. The van der Waals surface area contributed by atoms with Gasteiger partial charge in [0, 0.05) is 30.6 Å². The number of aryl methyl sites for hydroxylation is 1. The number of pyridine rings is 1. The zero-order chi connectivity index (χ0) is 22.7. The van der Waals surface area contributed by atoms with Crippen molar-refractivity contribution in [1.82, 2.24) is 15.0 Å². The summed E-state index contributed by atoms with van der Waals surface area (Å²) in [6.07, 6.45) is 7.54. The van der Waals surface area contributed by atoms with Crippen LogP contribution in [0.2, 0.25) is 0 Å². The Morgan fingerprint density at radius 1 is 1.09 bits per heavy atom. The van der Waals surface area contributed by atoms with Crippen molar-refractivity contribution in [2.75, 3.05) is 0 Å². The Kier molecular flexibility index (Phi) is 6.46. The van der Waals surface area contributed by atoms with E-state index < -0.39 is 9.84 Å². The average molecular weight is 450 g/mol. The molecule has 7 heteroatoms. The summed E-state index contributed by atoms with van der Waals surface area (Å²) in [5, 5.41) is -0.253. The van der Waals surface area contributed by atoms with E-state index in [0.717, 1.165) is 35.1 Å². The summed E-state index contributed by atoms with van der Waals surface area (Å²) < 4.78 is 24.6. The molecule has 6 nitrogen and oxygen atoms in total. The van der Waals surface area contributed by atoms with E-state index in [1.165, 1.54) is 0 Å². The molecule has 4 rings (SSSR count). The lowest BCUT2D eigenvalue weighted by Gasteiger charge is -2.14. The average Bonchev–Trinajstić information content (AvgIpc) is 3.61. The van der Waals surface area contributed by atoms with E-state index in [9.17, 15) is 13.2 Å². The number of benzene rings is 1. The molecule has 2 aromatic heterocycles. The van der Waals surface area contributed by atoms with Gasteiger partial charge in [-0.1, -0.05) is 31.2 Å². The van der Waals surface area contributed by atoms with Gasteiger partial charge in [0.25, 0.3) is 0 Å². The lowest BCUT2D eigenvalue weighted by atomic mass is 9.92. The molecule has 1 unspecified atom stereocenters. The third-order valence-corrected chi connectivity index (χ3v) is 7.93. The van der Waals surface area contributed by atoms with E-state index in [1.807, 2.05) is 50.5 Å². The molecule has 0 spiro atoms. The van der Waals surface area contributed by atoms with Crippen LogP contribution in [-0.4, -0.2) is 34.4 Å². The highest BCUT2D eigenvalue weighted by Gasteiger charge is 2.36. The van der Waals surface area contributed by atoms with Crippen molar-refractivity contribution in [3.63, 3.8) is 0 Å². The number of carbonyl (C=O) groups excluding carboxylic acids is 1. The second-order valence-corrected chi connectivity index (χ2v) is 10.7. The minimum absolute atomic E-state index is 0.0622. The Labute approximate surface area is 189 Å². The smallest absolute Gasteiger partial charge is 0.160 e. The minimum Gasteiger partial charge on any atom is -0.299 e. The molecule has 0 bridgehead atoms. The van der Waals surface area contributed by atoms with Gasteiger partial charge >= 0.3 is 0 Å². The van der Waals surface area contributed by atoms with Crippen LogP contribution in [0.3, 0.4) is 0 Å². The predicted molar refractivity (Wildman–Crippen MR) is 124 cm³/mol. The second kappa shape index (κ2) is 9.28. The van der Waals surface area contributed by atoms with Crippen LogP contribution in [0.1, 0.15) is 54.7 Å². The molecule has 1 aromatic carbocycles. The van der Waals surface area contributed by atoms with Crippen molar-refractivity contribution in [2.24, 2.45) is 0 Å². The number of carbonyl (C=O) groups is 1. The summed E-state index contributed by atoms with van der Waals surface area (Å²) in [6, 6.07) is 11.7. The van der Waals surface area contributed by atoms with Crippen LogP contribution in [0.4, 0.5) is 0 Å². The van der Waals surface area contributed by atoms with Gasteiger partial charge in [-0.05, 0) is 55.0 Å². The first-order valence-corrected chi connectivity index (χ1v) is 12.6. The molecule has 2 heterocycles. The highest BCUT2D eigenvalue weighted by molar-refractivity contribution is 7.91. The summed E-state index contributed by atoms with van der Waals surface area (Å²) in [5.74, 6) is -0.212. The molecule has 1 saturated carbocycles. The lowest BCUT2D eigenvalue weighted by Crippen LogP contribution is -2.18. The normalized spacial score (nSPS) is 14.8. The molecule has 0 N–H and O–H groups in total. The quantitative estimate of drug-likeness (QED) is 0.486. The van der Waals surface area contributed by atoms with E-state index >= 15 is 0 Å². The van der Waals surface area contributed by atoms with Gasteiger partial charge in [-0.25, -0.2) is 18.4 Å². The van der Waals surface area contributed by atoms with Gasteiger partial charge in [0.2, 0.25) is 0 Å². The summed E-state index contributed by atoms with van der Waals surface area (Å²) in [4.78, 5) is 25.9. The largest absolute Gasteiger partial charge is 0.299 e. The summed E-state index contributed by atoms with van der Waals surface area (Å²) in [7, 11) is -3.20. The summed E-state index contributed by atoms with van der Waals surface area (Å²) in [5.41, 5.74) is 4.73. The van der Waals surface area contributed by atoms with Crippen LogP contribution in [0.25, 0.3) is 11.1 Å². The fraction of sp³-hybridized carbons (Fsp3) is 0.360. The Hall–Kier alpha value is -2.93. The maximum Gasteiger partial charge on any atom is 0.160 e. The third kappa shape index (κ3) is 5.27. The van der Waals surface area contributed by atoms with E-state index in [1.54, 1.807) is 12.3 Å². The molecule has 1 aliphatic rings. The van der Waals surface area contributed by atoms with Crippen molar-refractivity contribution in [2.45, 2.75) is 56.5 Å². The molecule has 0 aliphatic heterocycles. The number of Topliss-reactive ketones (excluding diaryl/α,β-unsaturated/α-hetero) is 1. The van der Waals surface area contributed by atoms with Crippen LogP contribution >= 0.6 is 0 Å². The number of rotatable bonds is 9. The molecular weight excluding hydrogens is 422 g/mol. The molecule has 1 atom stereocenters. The van der Waals surface area contributed by atoms with Crippen LogP contribution in [0, 0.1) is 6.92 Å². The maximum absolute atomic E-state index is 13.1. The van der Waals surface area contributed by atoms with Crippen LogP contribution in [0.15, 0.2) is 55.0 Å². The standard InChI is InChI=1S/C25H27N3O3S/c1-3-22(23-10-11-27-25(28-23)16-32(30,31)21-8-9-21)24(29)13-18-4-6-19(7-5-18)20-12-17(2)14-26-15-20/h4-7,10-12,14-15,21-22H,3,8-9,13,16H2,1-2H3. The Morgan fingerprint density at radius 3 is 2.50 bits per heavy atom. The van der Waals surface area contributed by atoms with Gasteiger partial charge in [0.05, 0.1) is 16.9 Å². The van der Waals surface area contributed by atoms with Crippen LogP contribution in [0.5, 0.6) is 0 Å². The molecule has 0 saturated heterocycles. The van der Waals surface area contributed by atoms with Gasteiger partial charge in [0.1, 0.15) is 17.4 Å². The Bertz CT molecular complexity index is 1220. The zero-order valence-corrected chi connectivity index (χ0v) is 19.2. The van der Waals surface area contributed by atoms with Gasteiger partial charge in [-0.15, -0.1) is 0 Å². The first-order chi connectivity index (χ1) is 15.4. The number of nitrogens with zero attached hydrogens (tertiary/aromatic N) is 3. The SMILES string of the molecule is CCC(C(=O)Cc1ccc(-c2cncc(C)c2)cc1)c1ccnc(CS(=O)(=O)C2CC2)n1. The fourth-order valence-electron chi connectivity index (χ4n) is 3.86. The highest BCUT2D eigenvalue weighted by Crippen LogP contribution is 2.30. The first kappa shape index (κ1) is 22.3. The molecule has 0 radical (unpaired) electrons. The molecule has 3 aromatic rings. The van der Waals surface area contributed by atoms with E-state index in [2.05, 4.69) is 21.0 Å². The van der Waals surface area contributed by atoms with E-state index in [4.69, 9.17) is 0 Å². The number of aromatic nitrogens is 3. The topological polar surface area (TPSA) is 89.9 Å². The first-order valence-electron chi connectivity index (χ1n) is 10.9. The highest BCUT2D eigenvalue weighted by atomic mass is 32.2. The molecule has 1 fully saturated rings. The molecular formula is C25H27N3O3S. The monoisotopic (exact) mass is 449 g/mol. The van der Waals surface area contributed by atoms with Crippen LogP contribution < -0.4 is 0 Å². The third-order valence-electron chi connectivity index (χ3n) is 5.78. The zero-order valence-electron chi connectivity index (χ0n) is 18.4. The Morgan fingerprint density at radius 2 is 1.84 bits per heavy atom. The van der Waals surface area contributed by atoms with Gasteiger partial charge < -0.3 is 0 Å². The number of ketones is 1. The predicted octanol–water partition coefficient (Wildman–Crippen LogP) is 4.23. The molecule has 0 amide bonds. The minimum atomic E-state index is -3.20. The summed E-state index contributed by atoms with van der Waals surface area (Å²) in [6.45, 7) is 3.95. The lowest BCUT2D eigenvalue weighted by molar-refractivity contribution is -0.120. The molecule has 32 heavy (non-hydrogen) atoms. The second-order valence-electron chi connectivity index (χ2n) is 8.46. The van der Waals surface area contributed by atoms with Crippen molar-refractivity contribution in [3.8, 4) is 11.1 Å².